The van der Waals surface area contributed by atoms with Gasteiger partial charge in [-0.1, -0.05) is 30.0 Å². The molecule has 1 atom stereocenters. The highest BCUT2D eigenvalue weighted by Gasteiger charge is 2.18. The van der Waals surface area contributed by atoms with E-state index < -0.39 is 0 Å². The van der Waals surface area contributed by atoms with Gasteiger partial charge in [-0.15, -0.1) is 10.2 Å². The van der Waals surface area contributed by atoms with Crippen molar-refractivity contribution in [2.75, 3.05) is 24.8 Å². The second-order valence-corrected chi connectivity index (χ2v) is 7.55. The van der Waals surface area contributed by atoms with Crippen molar-refractivity contribution in [3.8, 4) is 17.2 Å². The van der Waals surface area contributed by atoms with Gasteiger partial charge in [0.05, 0.1) is 25.2 Å². The highest BCUT2D eigenvalue weighted by molar-refractivity contribution is 7.99. The molecule has 1 heterocycles. The molecule has 0 spiro atoms. The molecule has 8 nitrogen and oxygen atoms in total. The number of hydrogen-bond acceptors (Lipinski definition) is 7. The number of nitrogens with one attached hydrogen (secondary N) is 1. The molecule has 31 heavy (non-hydrogen) atoms. The van der Waals surface area contributed by atoms with Gasteiger partial charge in [-0.3, -0.25) is 4.79 Å². The zero-order valence-electron chi connectivity index (χ0n) is 18.0. The number of benzene rings is 2. The molecule has 3 rings (SSSR count). The summed E-state index contributed by atoms with van der Waals surface area (Å²) in [5.41, 5.74) is 0.647. The number of hydrogen-bond donors (Lipinski definition) is 1. The first-order chi connectivity index (χ1) is 15.0. The van der Waals surface area contributed by atoms with E-state index >= 15 is 0 Å². The van der Waals surface area contributed by atoms with E-state index in [1.165, 1.54) is 11.8 Å². The highest BCUT2D eigenvalue weighted by atomic mass is 32.2. The quantitative estimate of drug-likeness (QED) is 0.473. The van der Waals surface area contributed by atoms with E-state index in [-0.39, 0.29) is 17.8 Å². The Balaban J connectivity index is 1.59. The molecule has 1 aromatic heterocycles. The molecule has 9 heteroatoms. The lowest BCUT2D eigenvalue weighted by atomic mass is 10.3. The van der Waals surface area contributed by atoms with Crippen LogP contribution >= 0.6 is 11.8 Å². The summed E-state index contributed by atoms with van der Waals surface area (Å²) in [7, 11) is 3.46. The Bertz CT molecular complexity index is 1020. The van der Waals surface area contributed by atoms with Gasteiger partial charge in [0.15, 0.2) is 17.1 Å². The molecule has 0 radical (unpaired) electrons. The molecule has 0 fully saturated rings. The standard InChI is InChI=1S/C22H26N4O4S/c1-5-29-19-12-7-6-11-18(19)23-20(27)14-31-22-25-24-21(26(22)3)15(2)30-17-10-8-9-16(13-17)28-4/h6-13,15H,5,14H2,1-4H3,(H,23,27). The first-order valence-corrected chi connectivity index (χ1v) is 10.8. The van der Waals surface area contributed by atoms with E-state index in [9.17, 15) is 4.79 Å². The molecular formula is C22H26N4O4S. The third-order valence-electron chi connectivity index (χ3n) is 4.38. The maximum absolute atomic E-state index is 12.4. The van der Waals surface area contributed by atoms with Crippen molar-refractivity contribution in [3.05, 3.63) is 54.4 Å². The number of carbonyl (C=O) groups excluding carboxylic acids is 1. The predicted octanol–water partition coefficient (Wildman–Crippen LogP) is 4.09. The Morgan fingerprint density at radius 1 is 1.16 bits per heavy atom. The van der Waals surface area contributed by atoms with Gasteiger partial charge in [-0.25, -0.2) is 0 Å². The fraction of sp³-hybridized carbons (Fsp3) is 0.318. The number of thioether (sulfide) groups is 1. The molecule has 1 N–H and O–H groups in total. The van der Waals surface area contributed by atoms with E-state index in [1.54, 1.807) is 7.11 Å². The number of para-hydroxylation sites is 2. The summed E-state index contributed by atoms with van der Waals surface area (Å²) in [4.78, 5) is 12.4. The zero-order valence-corrected chi connectivity index (χ0v) is 18.8. The summed E-state index contributed by atoms with van der Waals surface area (Å²) in [6.45, 7) is 4.33. The SMILES string of the molecule is CCOc1ccccc1NC(=O)CSc1nnc(C(C)Oc2cccc(OC)c2)n1C. The topological polar surface area (TPSA) is 87.5 Å². The molecule has 3 aromatic rings. The van der Waals surface area contributed by atoms with Crippen LogP contribution in [0.2, 0.25) is 0 Å². The summed E-state index contributed by atoms with van der Waals surface area (Å²) in [5, 5.41) is 12.0. The molecule has 0 aliphatic heterocycles. The minimum Gasteiger partial charge on any atom is -0.497 e. The third kappa shape index (κ3) is 5.91. The fourth-order valence-corrected chi connectivity index (χ4v) is 3.62. The van der Waals surface area contributed by atoms with Crippen LogP contribution in [-0.2, 0) is 11.8 Å². The number of amides is 1. The lowest BCUT2D eigenvalue weighted by Crippen LogP contribution is -2.15. The van der Waals surface area contributed by atoms with Gasteiger partial charge in [-0.05, 0) is 38.1 Å². The van der Waals surface area contributed by atoms with Crippen molar-refractivity contribution in [3.63, 3.8) is 0 Å². The average molecular weight is 443 g/mol. The molecule has 2 aromatic carbocycles. The van der Waals surface area contributed by atoms with Gasteiger partial charge >= 0.3 is 0 Å². The van der Waals surface area contributed by atoms with Crippen molar-refractivity contribution in [1.29, 1.82) is 0 Å². The van der Waals surface area contributed by atoms with Crippen LogP contribution in [-0.4, -0.2) is 40.1 Å². The van der Waals surface area contributed by atoms with Gasteiger partial charge in [0.2, 0.25) is 5.91 Å². The molecule has 0 aliphatic carbocycles. The number of carbonyl (C=O) groups is 1. The maximum Gasteiger partial charge on any atom is 0.234 e. The molecule has 1 unspecified atom stereocenters. The Hall–Kier alpha value is -3.20. The molecular weight excluding hydrogens is 416 g/mol. The van der Waals surface area contributed by atoms with Crippen LogP contribution in [0.3, 0.4) is 0 Å². The van der Waals surface area contributed by atoms with Crippen LogP contribution < -0.4 is 19.5 Å². The minimum atomic E-state index is -0.328. The van der Waals surface area contributed by atoms with E-state index in [4.69, 9.17) is 14.2 Å². The van der Waals surface area contributed by atoms with Crippen molar-refractivity contribution < 1.29 is 19.0 Å². The van der Waals surface area contributed by atoms with Gasteiger partial charge in [0.25, 0.3) is 0 Å². The van der Waals surface area contributed by atoms with Gasteiger partial charge < -0.3 is 24.1 Å². The number of anilines is 1. The van der Waals surface area contributed by atoms with Crippen LogP contribution in [0.5, 0.6) is 17.2 Å². The molecule has 0 saturated carbocycles. The second-order valence-electron chi connectivity index (χ2n) is 6.60. The summed E-state index contributed by atoms with van der Waals surface area (Å²) < 4.78 is 18.6. The summed E-state index contributed by atoms with van der Waals surface area (Å²) in [6.07, 6.45) is -0.328. The number of rotatable bonds is 10. The van der Waals surface area contributed by atoms with Crippen LogP contribution in [0, 0.1) is 0 Å². The summed E-state index contributed by atoms with van der Waals surface area (Å²) in [5.74, 6) is 2.74. The monoisotopic (exact) mass is 442 g/mol. The number of ether oxygens (including phenoxy) is 3. The van der Waals surface area contributed by atoms with E-state index in [0.29, 0.717) is 34.8 Å². The Labute approximate surface area is 185 Å². The van der Waals surface area contributed by atoms with Gasteiger partial charge in [-0.2, -0.15) is 0 Å². The zero-order chi connectivity index (χ0) is 22.2. The fourth-order valence-electron chi connectivity index (χ4n) is 2.90. The number of methoxy groups -OCH3 is 1. The normalized spacial score (nSPS) is 11.6. The maximum atomic E-state index is 12.4. The van der Waals surface area contributed by atoms with Crippen LogP contribution in [0.4, 0.5) is 5.69 Å². The summed E-state index contributed by atoms with van der Waals surface area (Å²) >= 11 is 1.31. The lowest BCUT2D eigenvalue weighted by Gasteiger charge is -2.15. The molecule has 0 bridgehead atoms. The average Bonchev–Trinajstić information content (AvgIpc) is 3.14. The number of aromatic nitrogens is 3. The van der Waals surface area contributed by atoms with Crippen LogP contribution in [0.1, 0.15) is 25.8 Å². The Morgan fingerprint density at radius 3 is 2.71 bits per heavy atom. The molecule has 0 aliphatic rings. The number of nitrogens with zero attached hydrogens (tertiary/aromatic N) is 3. The van der Waals surface area contributed by atoms with E-state index in [2.05, 4.69) is 15.5 Å². The molecule has 0 saturated heterocycles. The smallest absolute Gasteiger partial charge is 0.234 e. The first-order valence-electron chi connectivity index (χ1n) is 9.86. The minimum absolute atomic E-state index is 0.151. The third-order valence-corrected chi connectivity index (χ3v) is 5.40. The van der Waals surface area contributed by atoms with E-state index in [0.717, 1.165) is 5.75 Å². The highest BCUT2D eigenvalue weighted by Crippen LogP contribution is 2.27. The lowest BCUT2D eigenvalue weighted by molar-refractivity contribution is -0.113. The Morgan fingerprint density at radius 2 is 1.94 bits per heavy atom. The van der Waals surface area contributed by atoms with Crippen LogP contribution in [0.15, 0.2) is 53.7 Å². The second kappa shape index (κ2) is 10.7. The van der Waals surface area contributed by atoms with E-state index in [1.807, 2.05) is 74.0 Å². The Kier molecular flexibility index (Phi) is 7.77. The van der Waals surface area contributed by atoms with Crippen LogP contribution in [0.25, 0.3) is 0 Å². The predicted molar refractivity (Wildman–Crippen MR) is 120 cm³/mol. The van der Waals surface area contributed by atoms with Gasteiger partial charge in [0, 0.05) is 13.1 Å². The first kappa shape index (κ1) is 22.5. The molecule has 164 valence electrons. The largest absolute Gasteiger partial charge is 0.497 e. The van der Waals surface area contributed by atoms with Gasteiger partial charge in [0.1, 0.15) is 17.2 Å². The van der Waals surface area contributed by atoms with Crippen molar-refractivity contribution in [2.45, 2.75) is 25.1 Å². The van der Waals surface area contributed by atoms with Crippen molar-refractivity contribution in [2.24, 2.45) is 7.05 Å². The van der Waals surface area contributed by atoms with Crippen molar-refractivity contribution in [1.82, 2.24) is 14.8 Å². The van der Waals surface area contributed by atoms with Crippen molar-refractivity contribution >= 4 is 23.4 Å². The summed E-state index contributed by atoms with van der Waals surface area (Å²) in [6, 6.07) is 14.7. The molecule has 1 amide bonds.